The summed E-state index contributed by atoms with van der Waals surface area (Å²) in [5.74, 6) is 2.56. The first kappa shape index (κ1) is 15.7. The van der Waals surface area contributed by atoms with Crippen LogP contribution in [0.2, 0.25) is 0 Å². The van der Waals surface area contributed by atoms with E-state index in [1.165, 1.54) is 6.39 Å². The van der Waals surface area contributed by atoms with Crippen molar-refractivity contribution in [2.45, 2.75) is 33.2 Å². The molecule has 0 atom stereocenters. The van der Waals surface area contributed by atoms with E-state index in [0.29, 0.717) is 12.5 Å². The second-order valence-corrected chi connectivity index (χ2v) is 6.17. The molecule has 0 radical (unpaired) electrons. The lowest BCUT2D eigenvalue weighted by molar-refractivity contribution is 0.187. The molecule has 0 aliphatic heterocycles. The Kier molecular flexibility index (Phi) is 4.76. The quantitative estimate of drug-likeness (QED) is 0.663. The Morgan fingerprint density at radius 3 is 2.87 bits per heavy atom. The summed E-state index contributed by atoms with van der Waals surface area (Å²) < 4.78 is 12.9. The van der Waals surface area contributed by atoms with Gasteiger partial charge in [0.05, 0.1) is 23.8 Å². The number of benzene rings is 1. The minimum absolute atomic E-state index is 0.662. The minimum atomic E-state index is 0.662. The van der Waals surface area contributed by atoms with E-state index in [1.807, 2.05) is 6.07 Å². The SMILES string of the molecule is COCCn1c(CCC(C)C)nc2ccc(-c3cnco3)cc21. The van der Waals surface area contributed by atoms with Crippen LogP contribution in [0.15, 0.2) is 35.2 Å². The van der Waals surface area contributed by atoms with Gasteiger partial charge in [-0.25, -0.2) is 9.97 Å². The number of methoxy groups -OCH3 is 1. The van der Waals surface area contributed by atoms with Gasteiger partial charge in [0.1, 0.15) is 5.82 Å². The van der Waals surface area contributed by atoms with Crippen molar-refractivity contribution in [2.24, 2.45) is 5.92 Å². The van der Waals surface area contributed by atoms with Crippen molar-refractivity contribution in [3.05, 3.63) is 36.6 Å². The van der Waals surface area contributed by atoms with Crippen LogP contribution in [0.25, 0.3) is 22.4 Å². The number of aryl methyl sites for hydroxylation is 1. The van der Waals surface area contributed by atoms with Crippen molar-refractivity contribution < 1.29 is 9.15 Å². The molecule has 0 aliphatic carbocycles. The zero-order chi connectivity index (χ0) is 16.2. The summed E-state index contributed by atoms with van der Waals surface area (Å²) in [6, 6.07) is 6.20. The van der Waals surface area contributed by atoms with Crippen LogP contribution in [-0.4, -0.2) is 28.3 Å². The largest absolute Gasteiger partial charge is 0.444 e. The zero-order valence-corrected chi connectivity index (χ0v) is 14.0. The summed E-state index contributed by atoms with van der Waals surface area (Å²) in [6.45, 7) is 5.96. The number of ether oxygens (including phenoxy) is 1. The zero-order valence-electron chi connectivity index (χ0n) is 14.0. The van der Waals surface area contributed by atoms with Gasteiger partial charge in [0.2, 0.25) is 0 Å². The summed E-state index contributed by atoms with van der Waals surface area (Å²) >= 11 is 0. The normalized spacial score (nSPS) is 11.7. The smallest absolute Gasteiger partial charge is 0.181 e. The van der Waals surface area contributed by atoms with E-state index in [0.717, 1.165) is 47.6 Å². The van der Waals surface area contributed by atoms with Gasteiger partial charge in [-0.3, -0.25) is 0 Å². The molecule has 1 aromatic carbocycles. The Labute approximate surface area is 136 Å². The lowest BCUT2D eigenvalue weighted by Crippen LogP contribution is -2.09. The summed E-state index contributed by atoms with van der Waals surface area (Å²) in [5.41, 5.74) is 3.15. The third-order valence-electron chi connectivity index (χ3n) is 4.01. The van der Waals surface area contributed by atoms with Crippen LogP contribution in [0.5, 0.6) is 0 Å². The van der Waals surface area contributed by atoms with Crippen molar-refractivity contribution in [1.29, 1.82) is 0 Å². The van der Waals surface area contributed by atoms with Gasteiger partial charge in [-0.15, -0.1) is 0 Å². The van der Waals surface area contributed by atoms with Gasteiger partial charge in [0.25, 0.3) is 0 Å². The first-order chi connectivity index (χ1) is 11.2. The predicted molar refractivity (Wildman–Crippen MR) is 90.3 cm³/mol. The second kappa shape index (κ2) is 6.96. The van der Waals surface area contributed by atoms with Crippen LogP contribution in [0.3, 0.4) is 0 Å². The summed E-state index contributed by atoms with van der Waals surface area (Å²) in [7, 11) is 1.73. The fourth-order valence-corrected chi connectivity index (χ4v) is 2.72. The van der Waals surface area contributed by atoms with Gasteiger partial charge in [-0.05, 0) is 30.5 Å². The monoisotopic (exact) mass is 313 g/mol. The molecular formula is C18H23N3O2. The number of oxazole rings is 1. The molecular weight excluding hydrogens is 290 g/mol. The summed E-state index contributed by atoms with van der Waals surface area (Å²) in [6.07, 6.45) is 5.30. The van der Waals surface area contributed by atoms with Gasteiger partial charge in [0, 0.05) is 25.6 Å². The van der Waals surface area contributed by atoms with E-state index in [9.17, 15) is 0 Å². The van der Waals surface area contributed by atoms with E-state index in [1.54, 1.807) is 13.3 Å². The minimum Gasteiger partial charge on any atom is -0.444 e. The third kappa shape index (κ3) is 3.45. The Morgan fingerprint density at radius 2 is 2.17 bits per heavy atom. The molecule has 0 saturated carbocycles. The summed E-state index contributed by atoms with van der Waals surface area (Å²) in [4.78, 5) is 8.82. The Hall–Kier alpha value is -2.14. The number of rotatable bonds is 7. The second-order valence-electron chi connectivity index (χ2n) is 6.17. The van der Waals surface area contributed by atoms with Gasteiger partial charge in [-0.2, -0.15) is 0 Å². The highest BCUT2D eigenvalue weighted by Crippen LogP contribution is 2.25. The predicted octanol–water partition coefficient (Wildman–Crippen LogP) is 3.93. The van der Waals surface area contributed by atoms with Crippen molar-refractivity contribution in [3.63, 3.8) is 0 Å². The molecule has 2 aromatic heterocycles. The van der Waals surface area contributed by atoms with Gasteiger partial charge < -0.3 is 13.7 Å². The van der Waals surface area contributed by atoms with Crippen LogP contribution in [-0.2, 0) is 17.7 Å². The highest BCUT2D eigenvalue weighted by molar-refractivity contribution is 5.81. The topological polar surface area (TPSA) is 53.1 Å². The van der Waals surface area contributed by atoms with E-state index >= 15 is 0 Å². The average Bonchev–Trinajstić information content (AvgIpc) is 3.18. The highest BCUT2D eigenvalue weighted by Gasteiger charge is 2.13. The van der Waals surface area contributed by atoms with Crippen molar-refractivity contribution in [3.8, 4) is 11.3 Å². The standard InChI is InChI=1S/C18H23N3O2/c1-13(2)4-7-18-20-15-6-5-14(17-11-19-12-23-17)10-16(15)21(18)8-9-22-3/h5-6,10-13H,4,7-9H2,1-3H3. The number of aromatic nitrogens is 3. The lowest BCUT2D eigenvalue weighted by atomic mass is 10.1. The van der Waals surface area contributed by atoms with Gasteiger partial charge in [-0.1, -0.05) is 13.8 Å². The Morgan fingerprint density at radius 1 is 1.30 bits per heavy atom. The molecule has 0 aliphatic rings. The van der Waals surface area contributed by atoms with Gasteiger partial charge >= 0.3 is 0 Å². The maximum atomic E-state index is 5.41. The molecule has 0 spiro atoms. The number of fused-ring (bicyclic) bond motifs is 1. The molecule has 0 fully saturated rings. The average molecular weight is 313 g/mol. The van der Waals surface area contributed by atoms with Crippen molar-refractivity contribution in [1.82, 2.24) is 14.5 Å². The van der Waals surface area contributed by atoms with Gasteiger partial charge in [0.15, 0.2) is 12.2 Å². The van der Waals surface area contributed by atoms with E-state index in [4.69, 9.17) is 14.1 Å². The molecule has 0 amide bonds. The fourth-order valence-electron chi connectivity index (χ4n) is 2.72. The van der Waals surface area contributed by atoms with Crippen LogP contribution in [0.1, 0.15) is 26.1 Å². The molecule has 0 unspecified atom stereocenters. The molecule has 3 rings (SSSR count). The van der Waals surface area contributed by atoms with E-state index in [2.05, 4.69) is 35.5 Å². The van der Waals surface area contributed by atoms with Crippen LogP contribution < -0.4 is 0 Å². The molecule has 0 saturated heterocycles. The van der Waals surface area contributed by atoms with Crippen molar-refractivity contribution in [2.75, 3.05) is 13.7 Å². The molecule has 5 heteroatoms. The number of hydrogen-bond donors (Lipinski definition) is 0. The van der Waals surface area contributed by atoms with Crippen LogP contribution >= 0.6 is 0 Å². The molecule has 122 valence electrons. The Bertz CT molecular complexity index is 760. The molecule has 0 N–H and O–H groups in total. The Balaban J connectivity index is 2.01. The van der Waals surface area contributed by atoms with E-state index in [-0.39, 0.29) is 0 Å². The maximum Gasteiger partial charge on any atom is 0.181 e. The molecule has 3 aromatic rings. The third-order valence-corrected chi connectivity index (χ3v) is 4.01. The summed E-state index contributed by atoms with van der Waals surface area (Å²) in [5, 5.41) is 0. The number of nitrogens with zero attached hydrogens (tertiary/aromatic N) is 3. The van der Waals surface area contributed by atoms with Crippen LogP contribution in [0, 0.1) is 5.92 Å². The fraction of sp³-hybridized carbons (Fsp3) is 0.444. The lowest BCUT2D eigenvalue weighted by Gasteiger charge is -2.10. The molecule has 2 heterocycles. The molecule has 0 bridgehead atoms. The number of hydrogen-bond acceptors (Lipinski definition) is 4. The van der Waals surface area contributed by atoms with Crippen molar-refractivity contribution >= 4 is 11.0 Å². The van der Waals surface area contributed by atoms with Crippen LogP contribution in [0.4, 0.5) is 0 Å². The first-order valence-corrected chi connectivity index (χ1v) is 8.06. The number of imidazole rings is 1. The first-order valence-electron chi connectivity index (χ1n) is 8.06. The highest BCUT2D eigenvalue weighted by atomic mass is 16.5. The van der Waals surface area contributed by atoms with E-state index < -0.39 is 0 Å². The molecule has 5 nitrogen and oxygen atoms in total. The maximum absolute atomic E-state index is 5.41. The molecule has 23 heavy (non-hydrogen) atoms.